The van der Waals surface area contributed by atoms with E-state index in [1.807, 2.05) is 0 Å². The van der Waals surface area contributed by atoms with Gasteiger partial charge in [-0.25, -0.2) is 8.42 Å². The molecule has 0 heterocycles. The van der Waals surface area contributed by atoms with Crippen LogP contribution < -0.4 is 5.32 Å². The molecule has 0 atom stereocenters. The lowest BCUT2D eigenvalue weighted by Crippen LogP contribution is -2.17. The third-order valence-corrected chi connectivity index (χ3v) is 5.16. The summed E-state index contributed by atoms with van der Waals surface area (Å²) in [5.74, 6) is -0.731. The van der Waals surface area contributed by atoms with E-state index in [0.717, 1.165) is 0 Å². The standard InChI is InChI=1S/C17H17NO4S/c1-3-23(21,22)16-10-5-4-9-15(16)17(20)18-14-8-6-7-13(11-14)12(2)19/h4-11H,3H2,1-2H3,(H,18,20). The van der Waals surface area contributed by atoms with E-state index in [1.54, 1.807) is 36.4 Å². The molecule has 0 spiro atoms. The molecule has 0 aliphatic heterocycles. The molecule has 6 heteroatoms. The van der Waals surface area contributed by atoms with Gasteiger partial charge < -0.3 is 5.32 Å². The summed E-state index contributed by atoms with van der Waals surface area (Å²) in [4.78, 5) is 23.8. The maximum absolute atomic E-state index is 12.4. The molecule has 0 aliphatic rings. The Balaban J connectivity index is 2.36. The number of sulfone groups is 1. The van der Waals surface area contributed by atoms with Crippen molar-refractivity contribution in [2.75, 3.05) is 11.1 Å². The fraction of sp³-hybridized carbons (Fsp3) is 0.176. The monoisotopic (exact) mass is 331 g/mol. The summed E-state index contributed by atoms with van der Waals surface area (Å²) in [5.41, 5.74) is 0.992. The van der Waals surface area contributed by atoms with Crippen LogP contribution >= 0.6 is 0 Å². The van der Waals surface area contributed by atoms with E-state index >= 15 is 0 Å². The Bertz CT molecular complexity index is 856. The van der Waals surface area contributed by atoms with Crippen molar-refractivity contribution >= 4 is 27.2 Å². The van der Waals surface area contributed by atoms with Crippen molar-refractivity contribution in [2.24, 2.45) is 0 Å². The van der Waals surface area contributed by atoms with Gasteiger partial charge in [0.15, 0.2) is 15.6 Å². The molecule has 0 radical (unpaired) electrons. The number of ketones is 1. The van der Waals surface area contributed by atoms with Crippen LogP contribution in [0.5, 0.6) is 0 Å². The van der Waals surface area contributed by atoms with Gasteiger partial charge in [-0.05, 0) is 31.2 Å². The van der Waals surface area contributed by atoms with Gasteiger partial charge in [0.25, 0.3) is 5.91 Å². The number of hydrogen-bond acceptors (Lipinski definition) is 4. The smallest absolute Gasteiger partial charge is 0.256 e. The Kier molecular flexibility index (Phi) is 4.95. The number of Topliss-reactive ketones (excluding diaryl/α,β-unsaturated/α-hetero) is 1. The summed E-state index contributed by atoms with van der Waals surface area (Å²) >= 11 is 0. The molecule has 23 heavy (non-hydrogen) atoms. The molecular formula is C17H17NO4S. The zero-order valence-corrected chi connectivity index (χ0v) is 13.7. The van der Waals surface area contributed by atoms with Crippen molar-refractivity contribution in [3.63, 3.8) is 0 Å². The van der Waals surface area contributed by atoms with Crippen molar-refractivity contribution in [1.82, 2.24) is 0 Å². The zero-order valence-electron chi connectivity index (χ0n) is 12.9. The van der Waals surface area contributed by atoms with Gasteiger partial charge in [0.1, 0.15) is 0 Å². The maximum atomic E-state index is 12.4. The van der Waals surface area contributed by atoms with Crippen molar-refractivity contribution < 1.29 is 18.0 Å². The van der Waals surface area contributed by atoms with Crippen LogP contribution in [0.2, 0.25) is 0 Å². The SMILES string of the molecule is CCS(=O)(=O)c1ccccc1C(=O)Nc1cccc(C(C)=O)c1. The molecule has 0 aliphatic carbocycles. The maximum Gasteiger partial charge on any atom is 0.256 e. The van der Waals surface area contributed by atoms with Crippen LogP contribution in [0.4, 0.5) is 5.69 Å². The highest BCUT2D eigenvalue weighted by atomic mass is 32.2. The van der Waals surface area contributed by atoms with Gasteiger partial charge in [0.05, 0.1) is 16.2 Å². The average molecular weight is 331 g/mol. The molecule has 5 nitrogen and oxygen atoms in total. The van der Waals surface area contributed by atoms with Crippen LogP contribution in [0.25, 0.3) is 0 Å². The molecule has 0 fully saturated rings. The molecule has 1 amide bonds. The number of rotatable bonds is 5. The molecule has 0 saturated heterocycles. The minimum absolute atomic E-state index is 0.00252. The lowest BCUT2D eigenvalue weighted by molar-refractivity contribution is 0.101. The predicted molar refractivity (Wildman–Crippen MR) is 88.6 cm³/mol. The van der Waals surface area contributed by atoms with Crippen LogP contribution in [-0.2, 0) is 9.84 Å². The molecule has 2 aromatic rings. The highest BCUT2D eigenvalue weighted by molar-refractivity contribution is 7.91. The normalized spacial score (nSPS) is 11.0. The third kappa shape index (κ3) is 3.84. The second-order valence-electron chi connectivity index (χ2n) is 4.99. The second-order valence-corrected chi connectivity index (χ2v) is 7.24. The van der Waals surface area contributed by atoms with Crippen molar-refractivity contribution in [2.45, 2.75) is 18.7 Å². The zero-order chi connectivity index (χ0) is 17.0. The lowest BCUT2D eigenvalue weighted by Gasteiger charge is -2.10. The molecule has 1 N–H and O–H groups in total. The van der Waals surface area contributed by atoms with E-state index in [9.17, 15) is 18.0 Å². The largest absolute Gasteiger partial charge is 0.322 e. The number of anilines is 1. The summed E-state index contributed by atoms with van der Waals surface area (Å²) < 4.78 is 24.2. The number of nitrogens with one attached hydrogen (secondary N) is 1. The molecule has 0 saturated carbocycles. The van der Waals surface area contributed by atoms with Gasteiger partial charge in [-0.15, -0.1) is 0 Å². The number of hydrogen-bond donors (Lipinski definition) is 1. The Hall–Kier alpha value is -2.47. The Morgan fingerprint density at radius 2 is 1.74 bits per heavy atom. The minimum atomic E-state index is -3.50. The first-order valence-electron chi connectivity index (χ1n) is 7.09. The van der Waals surface area contributed by atoms with Gasteiger partial charge in [-0.1, -0.05) is 31.2 Å². The first-order valence-corrected chi connectivity index (χ1v) is 8.74. The van der Waals surface area contributed by atoms with Crippen LogP contribution in [-0.4, -0.2) is 25.9 Å². The second kappa shape index (κ2) is 6.75. The Morgan fingerprint density at radius 1 is 1.04 bits per heavy atom. The quantitative estimate of drug-likeness (QED) is 0.854. The van der Waals surface area contributed by atoms with E-state index < -0.39 is 15.7 Å². The first-order chi connectivity index (χ1) is 10.8. The van der Waals surface area contributed by atoms with Gasteiger partial charge in [-0.3, -0.25) is 9.59 Å². The number of amides is 1. The van der Waals surface area contributed by atoms with Crippen molar-refractivity contribution in [3.8, 4) is 0 Å². The van der Waals surface area contributed by atoms with Gasteiger partial charge in [0, 0.05) is 11.3 Å². The highest BCUT2D eigenvalue weighted by Gasteiger charge is 2.20. The Morgan fingerprint density at radius 3 is 2.39 bits per heavy atom. The first kappa shape index (κ1) is 16.9. The van der Waals surface area contributed by atoms with E-state index in [2.05, 4.69) is 5.32 Å². The summed E-state index contributed by atoms with van der Waals surface area (Å²) in [6.07, 6.45) is 0. The number of carbonyl (C=O) groups excluding carboxylic acids is 2. The van der Waals surface area contributed by atoms with Gasteiger partial charge >= 0.3 is 0 Å². The van der Waals surface area contributed by atoms with E-state index in [1.165, 1.54) is 26.0 Å². The van der Waals surface area contributed by atoms with Gasteiger partial charge in [-0.2, -0.15) is 0 Å². The third-order valence-electron chi connectivity index (χ3n) is 3.37. The number of carbonyl (C=O) groups is 2. The fourth-order valence-corrected chi connectivity index (χ4v) is 3.19. The minimum Gasteiger partial charge on any atom is -0.322 e. The summed E-state index contributed by atoms with van der Waals surface area (Å²) in [5, 5.41) is 2.63. The van der Waals surface area contributed by atoms with Crippen LogP contribution in [0.1, 0.15) is 34.6 Å². The topological polar surface area (TPSA) is 80.3 Å². The molecule has 0 unspecified atom stereocenters. The molecule has 0 bridgehead atoms. The van der Waals surface area contributed by atoms with E-state index in [4.69, 9.17) is 0 Å². The van der Waals surface area contributed by atoms with Gasteiger partial charge in [0.2, 0.25) is 0 Å². The van der Waals surface area contributed by atoms with Crippen molar-refractivity contribution in [1.29, 1.82) is 0 Å². The molecule has 2 aromatic carbocycles. The fourth-order valence-electron chi connectivity index (χ4n) is 2.10. The van der Waals surface area contributed by atoms with Crippen LogP contribution in [0.15, 0.2) is 53.4 Å². The number of benzene rings is 2. The molecular weight excluding hydrogens is 314 g/mol. The van der Waals surface area contributed by atoms with Crippen LogP contribution in [0, 0.1) is 0 Å². The summed E-state index contributed by atoms with van der Waals surface area (Å²) in [7, 11) is -3.50. The highest BCUT2D eigenvalue weighted by Crippen LogP contribution is 2.19. The molecule has 2 rings (SSSR count). The predicted octanol–water partition coefficient (Wildman–Crippen LogP) is 2.94. The summed E-state index contributed by atoms with van der Waals surface area (Å²) in [6, 6.07) is 12.6. The van der Waals surface area contributed by atoms with Crippen molar-refractivity contribution in [3.05, 3.63) is 59.7 Å². The summed E-state index contributed by atoms with van der Waals surface area (Å²) in [6.45, 7) is 2.96. The van der Waals surface area contributed by atoms with Crippen LogP contribution in [0.3, 0.4) is 0 Å². The lowest BCUT2D eigenvalue weighted by atomic mass is 10.1. The average Bonchev–Trinajstić information content (AvgIpc) is 2.55. The Labute approximate surface area is 135 Å². The van der Waals surface area contributed by atoms with E-state index in [-0.39, 0.29) is 22.0 Å². The van der Waals surface area contributed by atoms with E-state index in [0.29, 0.717) is 11.3 Å². The molecule has 0 aromatic heterocycles. The molecule has 120 valence electrons.